The van der Waals surface area contributed by atoms with Crippen molar-refractivity contribution >= 4 is 23.2 Å². The molecule has 0 saturated heterocycles. The van der Waals surface area contributed by atoms with Crippen molar-refractivity contribution in [2.75, 3.05) is 11.9 Å². The average molecular weight is 261 g/mol. The standard InChI is InChI=1S/C14H13ClN2O/c1-10-8-11(15)5-6-13(10)14(18)17(2)12-4-3-7-16-9-12/h3-9H,1-2H3. The number of anilines is 1. The van der Waals surface area contributed by atoms with Gasteiger partial charge in [0.1, 0.15) is 0 Å². The topological polar surface area (TPSA) is 33.2 Å². The van der Waals surface area contributed by atoms with Crippen molar-refractivity contribution in [1.29, 1.82) is 0 Å². The third-order valence-corrected chi connectivity index (χ3v) is 2.99. The summed E-state index contributed by atoms with van der Waals surface area (Å²) < 4.78 is 0. The number of carbonyl (C=O) groups is 1. The molecular weight excluding hydrogens is 248 g/mol. The Bertz CT molecular complexity index is 569. The maximum absolute atomic E-state index is 12.3. The lowest BCUT2D eigenvalue weighted by Crippen LogP contribution is -2.26. The van der Waals surface area contributed by atoms with Crippen LogP contribution in [0.3, 0.4) is 0 Å². The third-order valence-electron chi connectivity index (χ3n) is 2.76. The molecule has 0 atom stereocenters. The molecule has 4 heteroatoms. The lowest BCUT2D eigenvalue weighted by molar-refractivity contribution is 0.0992. The molecule has 0 N–H and O–H groups in total. The molecule has 18 heavy (non-hydrogen) atoms. The van der Waals surface area contributed by atoms with Crippen LogP contribution in [0.4, 0.5) is 5.69 Å². The molecule has 3 nitrogen and oxygen atoms in total. The predicted molar refractivity (Wildman–Crippen MR) is 73.2 cm³/mol. The van der Waals surface area contributed by atoms with Crippen LogP contribution in [0.15, 0.2) is 42.7 Å². The van der Waals surface area contributed by atoms with Gasteiger partial charge in [0.25, 0.3) is 5.91 Å². The summed E-state index contributed by atoms with van der Waals surface area (Å²) in [5.74, 6) is -0.0721. The van der Waals surface area contributed by atoms with Crippen LogP contribution in [0.1, 0.15) is 15.9 Å². The maximum Gasteiger partial charge on any atom is 0.258 e. The number of carbonyl (C=O) groups excluding carboxylic acids is 1. The van der Waals surface area contributed by atoms with Gasteiger partial charge in [-0.15, -0.1) is 0 Å². The Labute approximate surface area is 111 Å². The van der Waals surface area contributed by atoms with Gasteiger partial charge in [0, 0.05) is 23.8 Å². The fourth-order valence-corrected chi connectivity index (χ4v) is 1.94. The highest BCUT2D eigenvalue weighted by Gasteiger charge is 2.15. The normalized spacial score (nSPS) is 10.2. The SMILES string of the molecule is Cc1cc(Cl)ccc1C(=O)N(C)c1cccnc1. The number of aromatic nitrogens is 1. The van der Waals surface area contributed by atoms with E-state index in [1.165, 1.54) is 0 Å². The number of benzene rings is 1. The van der Waals surface area contributed by atoms with Crippen LogP contribution in [0.5, 0.6) is 0 Å². The molecule has 2 rings (SSSR count). The fraction of sp³-hybridized carbons (Fsp3) is 0.143. The molecule has 0 spiro atoms. The molecule has 0 fully saturated rings. The van der Waals surface area contributed by atoms with Gasteiger partial charge in [-0.3, -0.25) is 9.78 Å². The Morgan fingerprint density at radius 2 is 2.11 bits per heavy atom. The highest BCUT2D eigenvalue weighted by atomic mass is 35.5. The van der Waals surface area contributed by atoms with Gasteiger partial charge in [-0.2, -0.15) is 0 Å². The zero-order chi connectivity index (χ0) is 13.1. The molecule has 1 aromatic heterocycles. The van der Waals surface area contributed by atoms with Gasteiger partial charge < -0.3 is 4.90 Å². The van der Waals surface area contributed by atoms with Crippen molar-refractivity contribution in [1.82, 2.24) is 4.98 Å². The lowest BCUT2D eigenvalue weighted by atomic mass is 10.1. The number of rotatable bonds is 2. The Morgan fingerprint density at radius 1 is 1.33 bits per heavy atom. The zero-order valence-corrected chi connectivity index (χ0v) is 11.0. The summed E-state index contributed by atoms with van der Waals surface area (Å²) in [7, 11) is 1.73. The van der Waals surface area contributed by atoms with Crippen LogP contribution < -0.4 is 4.90 Å². The van der Waals surface area contributed by atoms with E-state index in [0.717, 1.165) is 11.3 Å². The minimum Gasteiger partial charge on any atom is -0.310 e. The Balaban J connectivity index is 2.32. The van der Waals surface area contributed by atoms with Crippen molar-refractivity contribution in [3.8, 4) is 0 Å². The summed E-state index contributed by atoms with van der Waals surface area (Å²) in [5.41, 5.74) is 2.27. The first-order chi connectivity index (χ1) is 8.59. The highest BCUT2D eigenvalue weighted by Crippen LogP contribution is 2.19. The predicted octanol–water partition coefficient (Wildman–Crippen LogP) is 3.32. The van der Waals surface area contributed by atoms with Gasteiger partial charge in [-0.1, -0.05) is 11.6 Å². The molecule has 0 bridgehead atoms. The number of amides is 1. The van der Waals surface area contributed by atoms with Gasteiger partial charge in [-0.25, -0.2) is 0 Å². The van der Waals surface area contributed by atoms with Crippen molar-refractivity contribution in [3.63, 3.8) is 0 Å². The van der Waals surface area contributed by atoms with Crippen LogP contribution in [0, 0.1) is 6.92 Å². The number of pyridine rings is 1. The van der Waals surface area contributed by atoms with Crippen molar-refractivity contribution in [2.24, 2.45) is 0 Å². The summed E-state index contributed by atoms with van der Waals surface area (Å²) in [6.45, 7) is 1.87. The van der Waals surface area contributed by atoms with Crippen LogP contribution in [0.2, 0.25) is 5.02 Å². The first kappa shape index (κ1) is 12.6. The van der Waals surface area contributed by atoms with E-state index < -0.39 is 0 Å². The molecule has 1 heterocycles. The quantitative estimate of drug-likeness (QED) is 0.830. The molecule has 1 amide bonds. The molecule has 2 aromatic rings. The van der Waals surface area contributed by atoms with E-state index in [4.69, 9.17) is 11.6 Å². The second-order valence-corrected chi connectivity index (χ2v) is 4.47. The summed E-state index contributed by atoms with van der Waals surface area (Å²) >= 11 is 5.88. The van der Waals surface area contributed by atoms with Gasteiger partial charge in [0.15, 0.2) is 0 Å². The van der Waals surface area contributed by atoms with Crippen LogP contribution in [-0.4, -0.2) is 17.9 Å². The van der Waals surface area contributed by atoms with E-state index in [2.05, 4.69) is 4.98 Å². The summed E-state index contributed by atoms with van der Waals surface area (Å²) in [4.78, 5) is 17.9. The fourth-order valence-electron chi connectivity index (χ4n) is 1.72. The molecule has 0 radical (unpaired) electrons. The van der Waals surface area contributed by atoms with Gasteiger partial charge in [0.2, 0.25) is 0 Å². The summed E-state index contributed by atoms with van der Waals surface area (Å²) in [6, 6.07) is 8.89. The molecular formula is C14H13ClN2O. The number of hydrogen-bond acceptors (Lipinski definition) is 2. The largest absolute Gasteiger partial charge is 0.310 e. The Kier molecular flexibility index (Phi) is 3.63. The van der Waals surface area contributed by atoms with E-state index in [9.17, 15) is 4.79 Å². The number of halogens is 1. The van der Waals surface area contributed by atoms with Crippen molar-refractivity contribution in [2.45, 2.75) is 6.92 Å². The van der Waals surface area contributed by atoms with Gasteiger partial charge in [0.05, 0.1) is 11.9 Å². The van der Waals surface area contributed by atoms with Crippen molar-refractivity contribution < 1.29 is 4.79 Å². The molecule has 0 aliphatic heterocycles. The van der Waals surface area contributed by atoms with Crippen LogP contribution >= 0.6 is 11.6 Å². The molecule has 0 unspecified atom stereocenters. The lowest BCUT2D eigenvalue weighted by Gasteiger charge is -2.18. The minimum absolute atomic E-state index is 0.0721. The van der Waals surface area contributed by atoms with E-state index in [1.54, 1.807) is 48.6 Å². The van der Waals surface area contributed by atoms with E-state index in [1.807, 2.05) is 13.0 Å². The van der Waals surface area contributed by atoms with E-state index in [-0.39, 0.29) is 5.91 Å². The average Bonchev–Trinajstić information content (AvgIpc) is 2.38. The van der Waals surface area contributed by atoms with Crippen LogP contribution in [0.25, 0.3) is 0 Å². The monoisotopic (exact) mass is 260 g/mol. The number of nitrogens with zero attached hydrogens (tertiary/aromatic N) is 2. The summed E-state index contributed by atoms with van der Waals surface area (Å²) in [6.07, 6.45) is 3.33. The first-order valence-electron chi connectivity index (χ1n) is 5.54. The smallest absolute Gasteiger partial charge is 0.258 e. The van der Waals surface area contributed by atoms with E-state index in [0.29, 0.717) is 10.6 Å². The molecule has 92 valence electrons. The summed E-state index contributed by atoms with van der Waals surface area (Å²) in [5, 5.41) is 0.632. The second-order valence-electron chi connectivity index (χ2n) is 4.03. The number of aryl methyl sites for hydroxylation is 1. The third kappa shape index (κ3) is 2.51. The molecule has 1 aromatic carbocycles. The second kappa shape index (κ2) is 5.19. The van der Waals surface area contributed by atoms with Gasteiger partial charge >= 0.3 is 0 Å². The molecule has 0 aliphatic carbocycles. The Hall–Kier alpha value is -1.87. The van der Waals surface area contributed by atoms with Gasteiger partial charge in [-0.05, 0) is 42.8 Å². The maximum atomic E-state index is 12.3. The first-order valence-corrected chi connectivity index (χ1v) is 5.91. The Morgan fingerprint density at radius 3 is 2.72 bits per heavy atom. The zero-order valence-electron chi connectivity index (χ0n) is 10.2. The number of hydrogen-bond donors (Lipinski definition) is 0. The minimum atomic E-state index is -0.0721. The molecule has 0 saturated carbocycles. The molecule has 0 aliphatic rings. The van der Waals surface area contributed by atoms with E-state index >= 15 is 0 Å². The van der Waals surface area contributed by atoms with Crippen LogP contribution in [-0.2, 0) is 0 Å². The highest BCUT2D eigenvalue weighted by molar-refractivity contribution is 6.30. The van der Waals surface area contributed by atoms with Crippen molar-refractivity contribution in [3.05, 3.63) is 58.9 Å².